The fourth-order valence-corrected chi connectivity index (χ4v) is 2.24. The molecule has 0 aliphatic carbocycles. The molecule has 1 rings (SSSR count). The number of halogens is 1. The third-order valence-electron chi connectivity index (χ3n) is 2.84. The van der Waals surface area contributed by atoms with Crippen LogP contribution >= 0.6 is 11.8 Å². The number of carbonyl (C=O) groups excluding carboxylic acids is 1. The molecule has 2 N–H and O–H groups in total. The molecule has 0 unspecified atom stereocenters. The van der Waals surface area contributed by atoms with Crippen LogP contribution in [0.1, 0.15) is 35.2 Å². The van der Waals surface area contributed by atoms with Crippen LogP contribution in [0.2, 0.25) is 0 Å². The van der Waals surface area contributed by atoms with Gasteiger partial charge in [-0.15, -0.1) is 0 Å². The number of unbranched alkanes of at least 4 members (excludes halogenated alkanes) is 2. The fraction of sp³-hybridized carbons (Fsp3) is 0.438. The minimum Gasteiger partial charge on any atom is -0.384 e. The van der Waals surface area contributed by atoms with Crippen molar-refractivity contribution in [2.45, 2.75) is 19.3 Å². The standard InChI is InChI=1S/C16H20FNO2S/c1-21-11-4-2-3-9-18-16(20)14-8-7-13(6-5-10-19)15(17)12-14/h7-8,12,19H,2-4,9-11H2,1H3,(H,18,20). The number of thioether (sulfide) groups is 1. The summed E-state index contributed by atoms with van der Waals surface area (Å²) in [5, 5.41) is 11.4. The van der Waals surface area contributed by atoms with Gasteiger partial charge < -0.3 is 10.4 Å². The second-order valence-electron chi connectivity index (χ2n) is 4.46. The molecule has 1 aromatic carbocycles. The van der Waals surface area contributed by atoms with Crippen LogP contribution in [0, 0.1) is 17.7 Å². The van der Waals surface area contributed by atoms with Gasteiger partial charge in [-0.1, -0.05) is 18.3 Å². The summed E-state index contributed by atoms with van der Waals surface area (Å²) in [5.41, 5.74) is 0.462. The molecule has 0 aromatic heterocycles. The monoisotopic (exact) mass is 309 g/mol. The molecule has 1 amide bonds. The summed E-state index contributed by atoms with van der Waals surface area (Å²) in [6, 6.07) is 4.16. The number of aliphatic hydroxyl groups excluding tert-OH is 1. The smallest absolute Gasteiger partial charge is 0.251 e. The van der Waals surface area contributed by atoms with E-state index in [2.05, 4.69) is 23.4 Å². The number of aliphatic hydroxyl groups is 1. The van der Waals surface area contributed by atoms with Crippen molar-refractivity contribution in [2.24, 2.45) is 0 Å². The first kappa shape index (κ1) is 17.5. The third-order valence-corrected chi connectivity index (χ3v) is 3.54. The van der Waals surface area contributed by atoms with Crippen LogP contribution in [-0.2, 0) is 0 Å². The van der Waals surface area contributed by atoms with E-state index in [4.69, 9.17) is 5.11 Å². The zero-order chi connectivity index (χ0) is 15.5. The minimum absolute atomic E-state index is 0.178. The highest BCUT2D eigenvalue weighted by Gasteiger charge is 2.08. The first-order valence-electron chi connectivity index (χ1n) is 6.85. The van der Waals surface area contributed by atoms with Crippen molar-refractivity contribution >= 4 is 17.7 Å². The Morgan fingerprint density at radius 3 is 2.86 bits per heavy atom. The van der Waals surface area contributed by atoms with Gasteiger partial charge in [-0.2, -0.15) is 11.8 Å². The zero-order valence-corrected chi connectivity index (χ0v) is 12.9. The zero-order valence-electron chi connectivity index (χ0n) is 12.1. The number of benzene rings is 1. The summed E-state index contributed by atoms with van der Waals surface area (Å²) < 4.78 is 13.7. The summed E-state index contributed by atoms with van der Waals surface area (Å²) in [4.78, 5) is 11.9. The molecule has 0 spiro atoms. The number of hydrogen-bond donors (Lipinski definition) is 2. The Bertz CT molecular complexity index is 523. The summed E-state index contributed by atoms with van der Waals surface area (Å²) in [7, 11) is 0. The summed E-state index contributed by atoms with van der Waals surface area (Å²) in [5.74, 6) is 5.17. The van der Waals surface area contributed by atoms with Gasteiger partial charge in [0.15, 0.2) is 0 Å². The maximum absolute atomic E-state index is 13.7. The van der Waals surface area contributed by atoms with E-state index in [9.17, 15) is 9.18 Å². The third kappa shape index (κ3) is 6.65. The van der Waals surface area contributed by atoms with E-state index in [1.165, 1.54) is 18.2 Å². The van der Waals surface area contributed by atoms with Crippen LogP contribution in [0.15, 0.2) is 18.2 Å². The van der Waals surface area contributed by atoms with Crippen LogP contribution in [0.25, 0.3) is 0 Å². The number of amides is 1. The van der Waals surface area contributed by atoms with E-state index in [0.717, 1.165) is 25.0 Å². The maximum atomic E-state index is 13.7. The predicted molar refractivity (Wildman–Crippen MR) is 84.9 cm³/mol. The molecular formula is C16H20FNO2S. The van der Waals surface area contributed by atoms with Gasteiger partial charge in [-0.25, -0.2) is 4.39 Å². The summed E-state index contributed by atoms with van der Waals surface area (Å²) >= 11 is 1.82. The molecule has 3 nitrogen and oxygen atoms in total. The van der Waals surface area contributed by atoms with Crippen LogP contribution in [0.4, 0.5) is 4.39 Å². The Morgan fingerprint density at radius 2 is 2.19 bits per heavy atom. The number of rotatable bonds is 7. The quantitative estimate of drug-likeness (QED) is 0.601. The average Bonchev–Trinajstić information content (AvgIpc) is 2.49. The van der Waals surface area contributed by atoms with Crippen molar-refractivity contribution in [3.63, 3.8) is 0 Å². The van der Waals surface area contributed by atoms with Crippen molar-refractivity contribution < 1.29 is 14.3 Å². The lowest BCUT2D eigenvalue weighted by atomic mass is 10.1. The minimum atomic E-state index is -0.552. The topological polar surface area (TPSA) is 49.3 Å². The van der Waals surface area contributed by atoms with E-state index in [0.29, 0.717) is 6.54 Å². The molecule has 0 atom stereocenters. The van der Waals surface area contributed by atoms with Crippen molar-refractivity contribution in [3.8, 4) is 11.8 Å². The molecule has 0 fully saturated rings. The van der Waals surface area contributed by atoms with Crippen molar-refractivity contribution in [1.29, 1.82) is 0 Å². The van der Waals surface area contributed by atoms with Crippen molar-refractivity contribution in [2.75, 3.05) is 25.2 Å². The highest BCUT2D eigenvalue weighted by Crippen LogP contribution is 2.09. The van der Waals surface area contributed by atoms with Crippen LogP contribution in [-0.4, -0.2) is 36.2 Å². The Hall–Kier alpha value is -1.51. The molecule has 114 valence electrons. The lowest BCUT2D eigenvalue weighted by molar-refractivity contribution is 0.0952. The average molecular weight is 309 g/mol. The van der Waals surface area contributed by atoms with Gasteiger partial charge in [0.1, 0.15) is 12.4 Å². The molecule has 0 saturated heterocycles. The van der Waals surface area contributed by atoms with Crippen molar-refractivity contribution in [1.82, 2.24) is 5.32 Å². The fourth-order valence-electron chi connectivity index (χ4n) is 1.74. The molecule has 0 saturated carbocycles. The van der Waals surface area contributed by atoms with Gasteiger partial charge in [-0.3, -0.25) is 4.79 Å². The lowest BCUT2D eigenvalue weighted by Crippen LogP contribution is -2.24. The highest BCUT2D eigenvalue weighted by atomic mass is 32.2. The van der Waals surface area contributed by atoms with Gasteiger partial charge in [-0.05, 0) is 43.0 Å². The van der Waals surface area contributed by atoms with E-state index in [-0.39, 0.29) is 23.6 Å². The van der Waals surface area contributed by atoms with Gasteiger partial charge in [0, 0.05) is 12.1 Å². The van der Waals surface area contributed by atoms with Crippen LogP contribution < -0.4 is 5.32 Å². The first-order valence-corrected chi connectivity index (χ1v) is 8.25. The van der Waals surface area contributed by atoms with Crippen LogP contribution in [0.5, 0.6) is 0 Å². The van der Waals surface area contributed by atoms with E-state index >= 15 is 0 Å². The summed E-state index contributed by atoms with van der Waals surface area (Å²) in [6.45, 7) is 0.277. The van der Waals surface area contributed by atoms with E-state index in [1.54, 1.807) is 0 Å². The lowest BCUT2D eigenvalue weighted by Gasteiger charge is -2.06. The largest absolute Gasteiger partial charge is 0.384 e. The molecule has 5 heteroatoms. The molecule has 21 heavy (non-hydrogen) atoms. The predicted octanol–water partition coefficient (Wildman–Crippen LogP) is 2.43. The SMILES string of the molecule is CSCCCCCNC(=O)c1ccc(C#CCO)c(F)c1. The second-order valence-corrected chi connectivity index (χ2v) is 5.45. The van der Waals surface area contributed by atoms with E-state index < -0.39 is 5.82 Å². The highest BCUT2D eigenvalue weighted by molar-refractivity contribution is 7.98. The maximum Gasteiger partial charge on any atom is 0.251 e. The van der Waals surface area contributed by atoms with Gasteiger partial charge >= 0.3 is 0 Å². The molecule has 0 aliphatic rings. The Kier molecular flexibility index (Phi) is 8.56. The van der Waals surface area contributed by atoms with Crippen LogP contribution in [0.3, 0.4) is 0 Å². The first-order chi connectivity index (χ1) is 10.2. The number of hydrogen-bond acceptors (Lipinski definition) is 3. The summed E-state index contributed by atoms with van der Waals surface area (Å²) in [6.07, 6.45) is 5.22. The number of carbonyl (C=O) groups is 1. The Labute approximate surface area is 129 Å². The molecule has 0 aliphatic heterocycles. The molecule has 0 radical (unpaired) electrons. The molecule has 0 bridgehead atoms. The van der Waals surface area contributed by atoms with Crippen molar-refractivity contribution in [3.05, 3.63) is 35.1 Å². The Balaban J connectivity index is 2.46. The van der Waals surface area contributed by atoms with Gasteiger partial charge in [0.25, 0.3) is 5.91 Å². The van der Waals surface area contributed by atoms with E-state index in [1.807, 2.05) is 11.8 Å². The Morgan fingerprint density at radius 1 is 1.38 bits per heavy atom. The second kappa shape index (κ2) is 10.3. The normalized spacial score (nSPS) is 9.86. The number of nitrogens with one attached hydrogen (secondary N) is 1. The molecular weight excluding hydrogens is 289 g/mol. The molecule has 1 aromatic rings. The van der Waals surface area contributed by atoms with Gasteiger partial charge in [0.05, 0.1) is 5.56 Å². The molecule has 0 heterocycles. The van der Waals surface area contributed by atoms with Gasteiger partial charge in [0.2, 0.25) is 0 Å².